The van der Waals surface area contributed by atoms with Crippen molar-refractivity contribution in [1.82, 2.24) is 0 Å². The van der Waals surface area contributed by atoms with Gasteiger partial charge >= 0.3 is 7.94 Å². The van der Waals surface area contributed by atoms with Crippen LogP contribution in [0.3, 0.4) is 0 Å². The largest absolute Gasteiger partial charge is 0.410 e. The Labute approximate surface area is 191 Å². The fourth-order valence-electron chi connectivity index (χ4n) is 4.01. The predicted molar refractivity (Wildman–Crippen MR) is 135 cm³/mol. The third kappa shape index (κ3) is 19.0. The van der Waals surface area contributed by atoms with E-state index in [1.54, 1.807) is 14.2 Å². The Morgan fingerprint density at radius 1 is 0.433 bits per heavy atom. The van der Waals surface area contributed by atoms with Crippen LogP contribution in [0.2, 0.25) is 0 Å². The maximum Gasteiger partial charge on any atom is 0.410 e. The Balaban J connectivity index is 3.62. The Hall–Kier alpha value is 0.310. The van der Waals surface area contributed by atoms with Crippen molar-refractivity contribution in [1.29, 1.82) is 0 Å². The second kappa shape index (κ2) is 24.0. The molecule has 0 N–H and O–H groups in total. The van der Waals surface area contributed by atoms with E-state index in [4.69, 9.17) is 13.6 Å². The van der Waals surface area contributed by atoms with Crippen molar-refractivity contribution in [3.63, 3.8) is 0 Å². The van der Waals surface area contributed by atoms with Crippen molar-refractivity contribution in [2.45, 2.75) is 142 Å². The molecule has 0 aliphatic rings. The van der Waals surface area contributed by atoms with Gasteiger partial charge in [0.25, 0.3) is 0 Å². The van der Waals surface area contributed by atoms with E-state index in [2.05, 4.69) is 13.8 Å². The van der Waals surface area contributed by atoms with Crippen molar-refractivity contribution < 1.29 is 13.6 Å². The minimum Gasteiger partial charge on any atom is -0.181 e. The number of rotatable bonds is 25. The first kappa shape index (κ1) is 30.3. The molecule has 0 saturated heterocycles. The van der Waals surface area contributed by atoms with Crippen molar-refractivity contribution in [2.24, 2.45) is 0 Å². The van der Waals surface area contributed by atoms with Crippen molar-refractivity contribution in [2.75, 3.05) is 27.0 Å². The summed E-state index contributed by atoms with van der Waals surface area (Å²) in [5.74, 6) is 0. The van der Waals surface area contributed by atoms with Gasteiger partial charge in [-0.05, 0) is 19.3 Å². The highest BCUT2D eigenvalue weighted by Gasteiger charge is 2.41. The second-order valence-electron chi connectivity index (χ2n) is 8.90. The van der Waals surface area contributed by atoms with Crippen molar-refractivity contribution in [3.05, 3.63) is 0 Å². The molecule has 0 unspecified atom stereocenters. The Kier molecular flexibility index (Phi) is 24.2. The highest BCUT2D eigenvalue weighted by atomic mass is 31.2. The van der Waals surface area contributed by atoms with E-state index in [1.165, 1.54) is 116 Å². The molecule has 0 spiro atoms. The van der Waals surface area contributed by atoms with E-state index in [0.29, 0.717) is 0 Å². The van der Waals surface area contributed by atoms with Crippen LogP contribution in [-0.2, 0) is 13.6 Å². The summed E-state index contributed by atoms with van der Waals surface area (Å²) in [6.45, 7) is 5.34. The average molecular weight is 448 g/mol. The van der Waals surface area contributed by atoms with Crippen LogP contribution in [0.5, 0.6) is 0 Å². The van der Waals surface area contributed by atoms with Gasteiger partial charge in [-0.2, -0.15) is 13.6 Å². The molecule has 0 aromatic carbocycles. The summed E-state index contributed by atoms with van der Waals surface area (Å²) in [5, 5.41) is 0. The van der Waals surface area contributed by atoms with Crippen LogP contribution in [0.15, 0.2) is 0 Å². The second-order valence-corrected chi connectivity index (χ2v) is 11.6. The van der Waals surface area contributed by atoms with E-state index in [1.807, 2.05) is 0 Å². The van der Waals surface area contributed by atoms with Crippen LogP contribution in [0.4, 0.5) is 0 Å². The summed E-state index contributed by atoms with van der Waals surface area (Å²) in [6, 6.07) is 0. The van der Waals surface area contributed by atoms with Gasteiger partial charge in [0, 0.05) is 0 Å². The van der Waals surface area contributed by atoms with Crippen LogP contribution in [0.25, 0.3) is 0 Å². The molecule has 0 atom stereocenters. The number of unbranched alkanes of at least 4 members (excludes halogenated alkanes) is 18. The van der Waals surface area contributed by atoms with Crippen molar-refractivity contribution >= 4 is 7.94 Å². The lowest BCUT2D eigenvalue weighted by Gasteiger charge is -2.19. The first-order valence-corrected chi connectivity index (χ1v) is 15.1. The molecule has 0 amide bonds. The number of hydrogen-bond acceptors (Lipinski definition) is 3. The zero-order valence-electron chi connectivity index (χ0n) is 21.2. The molecule has 182 valence electrons. The van der Waals surface area contributed by atoms with Gasteiger partial charge in [0.2, 0.25) is 0 Å². The molecule has 4 heteroatoms. The third-order valence-corrected chi connectivity index (χ3v) is 8.68. The van der Waals surface area contributed by atoms with Gasteiger partial charge in [0.15, 0.2) is 0 Å². The summed E-state index contributed by atoms with van der Waals surface area (Å²) in [5.41, 5.74) is 0. The lowest BCUT2D eigenvalue weighted by Crippen LogP contribution is -2.09. The minimum atomic E-state index is -2.11. The molecule has 0 heterocycles. The first-order chi connectivity index (χ1) is 14.7. The summed E-state index contributed by atoms with van der Waals surface area (Å²) in [6.07, 6.45) is 28.0. The fourth-order valence-corrected chi connectivity index (χ4v) is 5.89. The Morgan fingerprint density at radius 2 is 0.767 bits per heavy atom. The first-order valence-electron chi connectivity index (χ1n) is 13.4. The zero-order valence-corrected chi connectivity index (χ0v) is 22.1. The molecule has 3 nitrogen and oxygen atoms in total. The van der Waals surface area contributed by atoms with Crippen LogP contribution in [0, 0.1) is 0 Å². The van der Waals surface area contributed by atoms with Crippen LogP contribution < -0.4 is 0 Å². The SMILES string of the molecule is CCCCCCCCCCCCO[P+](CCCCCCCCCCCC)(OC)OC. The zero-order chi connectivity index (χ0) is 22.2. The van der Waals surface area contributed by atoms with E-state index < -0.39 is 7.94 Å². The molecular formula is C26H56O3P+. The highest BCUT2D eigenvalue weighted by Crippen LogP contribution is 2.61. The van der Waals surface area contributed by atoms with E-state index in [-0.39, 0.29) is 0 Å². The molecule has 0 radical (unpaired) electrons. The molecule has 0 aromatic rings. The molecule has 0 aliphatic carbocycles. The summed E-state index contributed by atoms with van der Waals surface area (Å²) >= 11 is 0. The normalized spacial score (nSPS) is 12.0. The molecule has 30 heavy (non-hydrogen) atoms. The lowest BCUT2D eigenvalue weighted by molar-refractivity contribution is 0.176. The van der Waals surface area contributed by atoms with E-state index in [9.17, 15) is 0 Å². The van der Waals surface area contributed by atoms with E-state index >= 15 is 0 Å². The van der Waals surface area contributed by atoms with Crippen LogP contribution in [0.1, 0.15) is 142 Å². The minimum absolute atomic E-state index is 0.781. The van der Waals surface area contributed by atoms with Gasteiger partial charge in [-0.3, -0.25) is 0 Å². The lowest BCUT2D eigenvalue weighted by atomic mass is 10.1. The maximum atomic E-state index is 6.15. The third-order valence-electron chi connectivity index (χ3n) is 6.13. The molecule has 0 saturated carbocycles. The van der Waals surface area contributed by atoms with Gasteiger partial charge < -0.3 is 0 Å². The fraction of sp³-hybridized carbons (Fsp3) is 1.00. The van der Waals surface area contributed by atoms with Crippen LogP contribution in [-0.4, -0.2) is 27.0 Å². The monoisotopic (exact) mass is 447 g/mol. The smallest absolute Gasteiger partial charge is 0.181 e. The van der Waals surface area contributed by atoms with Crippen molar-refractivity contribution in [3.8, 4) is 0 Å². The quantitative estimate of drug-likeness (QED) is 0.103. The molecule has 0 rings (SSSR count). The van der Waals surface area contributed by atoms with Gasteiger partial charge in [-0.1, -0.05) is 123 Å². The number of hydrogen-bond donors (Lipinski definition) is 0. The summed E-state index contributed by atoms with van der Waals surface area (Å²) in [4.78, 5) is 0. The molecule has 0 bridgehead atoms. The molecule has 0 fully saturated rings. The maximum absolute atomic E-state index is 6.15. The molecule has 0 aliphatic heterocycles. The van der Waals surface area contributed by atoms with Gasteiger partial charge in [0.05, 0.1) is 20.8 Å². The highest BCUT2D eigenvalue weighted by molar-refractivity contribution is 7.61. The van der Waals surface area contributed by atoms with Gasteiger partial charge in [-0.15, -0.1) is 0 Å². The molecular weight excluding hydrogens is 391 g/mol. The van der Waals surface area contributed by atoms with Gasteiger partial charge in [-0.25, -0.2) is 0 Å². The topological polar surface area (TPSA) is 27.7 Å². The average Bonchev–Trinajstić information content (AvgIpc) is 2.77. The van der Waals surface area contributed by atoms with Gasteiger partial charge in [0.1, 0.15) is 6.16 Å². The predicted octanol–water partition coefficient (Wildman–Crippen LogP) is 9.90. The summed E-state index contributed by atoms with van der Waals surface area (Å²) < 4.78 is 17.6. The molecule has 0 aromatic heterocycles. The Morgan fingerprint density at radius 3 is 1.13 bits per heavy atom. The summed E-state index contributed by atoms with van der Waals surface area (Å²) in [7, 11) is 1.40. The standard InChI is InChI=1S/C26H56O3P/c1-5-7-9-11-13-15-17-19-21-23-25-29-30(27-3,28-4)26-24-22-20-18-16-14-12-10-8-6-2/h5-26H2,1-4H3/q+1. The van der Waals surface area contributed by atoms with Crippen LogP contribution >= 0.6 is 7.94 Å². The van der Waals surface area contributed by atoms with E-state index in [0.717, 1.165) is 25.6 Å². The Bertz CT molecular complexity index is 321.